The van der Waals surface area contributed by atoms with Gasteiger partial charge in [0, 0.05) is 11.9 Å². The van der Waals surface area contributed by atoms with Gasteiger partial charge in [-0.25, -0.2) is 19.7 Å². The van der Waals surface area contributed by atoms with Gasteiger partial charge in [-0.15, -0.1) is 0 Å². The first-order chi connectivity index (χ1) is 21.9. The lowest BCUT2D eigenvalue weighted by Crippen LogP contribution is -2.51. The Morgan fingerprint density at radius 1 is 0.956 bits per heavy atom. The maximum absolute atomic E-state index is 13.5. The molecule has 7 rings (SSSR count). The predicted octanol–water partition coefficient (Wildman–Crippen LogP) is 5.64. The molecule has 0 spiro atoms. The Hall–Kier alpha value is -4.77. The van der Waals surface area contributed by atoms with Crippen molar-refractivity contribution in [3.05, 3.63) is 66.4 Å². The van der Waals surface area contributed by atoms with Crippen LogP contribution in [0.4, 0.5) is 4.79 Å². The fraction of sp³-hybridized carbons (Fsp3) is 0.382. The lowest BCUT2D eigenvalue weighted by Gasteiger charge is -2.29. The average Bonchev–Trinajstić information content (AvgIpc) is 3.88. The van der Waals surface area contributed by atoms with Crippen molar-refractivity contribution in [2.24, 2.45) is 5.92 Å². The van der Waals surface area contributed by atoms with Crippen LogP contribution in [-0.4, -0.2) is 68.1 Å². The fourth-order valence-electron chi connectivity index (χ4n) is 6.58. The number of pyridine rings is 1. The molecule has 3 aromatic heterocycles. The van der Waals surface area contributed by atoms with E-state index in [9.17, 15) is 9.59 Å². The molecule has 2 aliphatic heterocycles. The number of rotatable bonds is 7. The van der Waals surface area contributed by atoms with Crippen molar-refractivity contribution in [3.8, 4) is 22.5 Å². The number of benzene rings is 2. The molecule has 2 amide bonds. The third-order valence-corrected chi connectivity index (χ3v) is 9.03. The Kier molecular flexibility index (Phi) is 7.70. The predicted molar refractivity (Wildman–Crippen MR) is 172 cm³/mol. The Morgan fingerprint density at radius 2 is 1.78 bits per heavy atom. The molecular formula is C34H38N8O3. The van der Waals surface area contributed by atoms with Gasteiger partial charge in [0.15, 0.2) is 0 Å². The van der Waals surface area contributed by atoms with Crippen molar-refractivity contribution in [1.82, 2.24) is 40.5 Å². The molecule has 2 aliphatic rings. The van der Waals surface area contributed by atoms with E-state index in [1.165, 1.54) is 13.5 Å². The normalized spacial score (nSPS) is 19.1. The summed E-state index contributed by atoms with van der Waals surface area (Å²) in [6, 6.07) is 16.1. The Balaban J connectivity index is 1.11. The first kappa shape index (κ1) is 29.0. The quantitative estimate of drug-likeness (QED) is 0.188. The number of imidazole rings is 2. The van der Waals surface area contributed by atoms with E-state index in [1.54, 1.807) is 0 Å². The fourth-order valence-corrected chi connectivity index (χ4v) is 6.58. The number of fused-ring (bicyclic) bond motifs is 2. The van der Waals surface area contributed by atoms with E-state index < -0.39 is 12.1 Å². The highest BCUT2D eigenvalue weighted by molar-refractivity contribution is 5.89. The van der Waals surface area contributed by atoms with Crippen molar-refractivity contribution in [1.29, 1.82) is 0 Å². The van der Waals surface area contributed by atoms with Crippen LogP contribution in [-0.2, 0) is 9.53 Å². The lowest BCUT2D eigenvalue weighted by atomic mass is 10.0. The Labute approximate surface area is 261 Å². The van der Waals surface area contributed by atoms with E-state index in [1.807, 2.05) is 37.1 Å². The van der Waals surface area contributed by atoms with E-state index in [4.69, 9.17) is 14.7 Å². The number of likely N-dealkylation sites (tertiary alicyclic amines) is 1. The second-order valence-electron chi connectivity index (χ2n) is 12.3. The van der Waals surface area contributed by atoms with Crippen LogP contribution in [0.5, 0.6) is 0 Å². The summed E-state index contributed by atoms with van der Waals surface area (Å²) in [5, 5.41) is 7.25. The monoisotopic (exact) mass is 606 g/mol. The van der Waals surface area contributed by atoms with Gasteiger partial charge in [-0.1, -0.05) is 32.0 Å². The second kappa shape index (κ2) is 12.0. The molecule has 3 atom stereocenters. The number of ether oxygens (including phenoxy) is 1. The van der Waals surface area contributed by atoms with E-state index in [2.05, 4.69) is 62.0 Å². The largest absolute Gasteiger partial charge is 0.453 e. The molecule has 2 aromatic carbocycles. The van der Waals surface area contributed by atoms with Crippen molar-refractivity contribution < 1.29 is 14.3 Å². The van der Waals surface area contributed by atoms with Gasteiger partial charge in [0.2, 0.25) is 5.91 Å². The number of alkyl carbamates (subject to hydrolysis) is 1. The van der Waals surface area contributed by atoms with Crippen LogP contribution in [0.15, 0.2) is 54.7 Å². The van der Waals surface area contributed by atoms with Crippen LogP contribution in [0, 0.1) is 5.92 Å². The van der Waals surface area contributed by atoms with E-state index in [-0.39, 0.29) is 23.9 Å². The van der Waals surface area contributed by atoms with E-state index in [0.717, 1.165) is 81.9 Å². The maximum atomic E-state index is 13.5. The number of hydrogen-bond donors (Lipinski definition) is 4. The van der Waals surface area contributed by atoms with Crippen LogP contribution in [0.25, 0.3) is 44.5 Å². The van der Waals surface area contributed by atoms with Gasteiger partial charge in [0.1, 0.15) is 17.7 Å². The average molecular weight is 607 g/mol. The Morgan fingerprint density at radius 3 is 2.56 bits per heavy atom. The van der Waals surface area contributed by atoms with Crippen LogP contribution < -0.4 is 10.6 Å². The minimum absolute atomic E-state index is 0.0858. The molecule has 0 unspecified atom stereocenters. The maximum Gasteiger partial charge on any atom is 0.407 e. The summed E-state index contributed by atoms with van der Waals surface area (Å²) in [5.74, 6) is 1.53. The minimum Gasteiger partial charge on any atom is -0.453 e. The number of carbonyl (C=O) groups is 2. The van der Waals surface area contributed by atoms with Crippen molar-refractivity contribution >= 4 is 33.9 Å². The number of aromatic amines is 2. The summed E-state index contributed by atoms with van der Waals surface area (Å²) < 4.78 is 4.76. The molecule has 0 bridgehead atoms. The molecule has 11 heteroatoms. The zero-order chi connectivity index (χ0) is 31.1. The third-order valence-electron chi connectivity index (χ3n) is 9.03. The smallest absolute Gasteiger partial charge is 0.407 e. The highest BCUT2D eigenvalue weighted by atomic mass is 16.5. The van der Waals surface area contributed by atoms with Crippen molar-refractivity contribution in [3.63, 3.8) is 0 Å². The molecule has 45 heavy (non-hydrogen) atoms. The molecule has 232 valence electrons. The summed E-state index contributed by atoms with van der Waals surface area (Å²) in [5.41, 5.74) is 6.62. The first-order valence-electron chi connectivity index (χ1n) is 15.7. The first-order valence-corrected chi connectivity index (χ1v) is 15.7. The number of nitrogens with zero attached hydrogens (tertiary/aromatic N) is 4. The second-order valence-corrected chi connectivity index (χ2v) is 12.3. The Bertz CT molecular complexity index is 1870. The van der Waals surface area contributed by atoms with Crippen LogP contribution in [0.2, 0.25) is 0 Å². The third kappa shape index (κ3) is 5.64. The summed E-state index contributed by atoms with van der Waals surface area (Å²) in [6.07, 6.45) is 5.20. The summed E-state index contributed by atoms with van der Waals surface area (Å²) in [4.78, 5) is 48.6. The van der Waals surface area contributed by atoms with Crippen molar-refractivity contribution in [2.45, 2.75) is 57.7 Å². The summed E-state index contributed by atoms with van der Waals surface area (Å²) in [7, 11) is 1.30. The standard InChI is InChI=1S/C34H38N8O3/c1-19(2)30(41-34(44)45-3)33(43)42-15-5-7-29(42)32-38-24-12-9-21(17-27(24)39-32)20-8-11-23-22(16-20)10-13-25(37-23)28-18-36-31(40-28)26-6-4-14-35-26/h8-13,16-19,26,29-30,35H,4-7,14-15H2,1-3H3,(H,36,40)(H,38,39)(H,41,44)/t26-,29-,30-/m0/s1. The molecule has 0 radical (unpaired) electrons. The topological polar surface area (TPSA) is 141 Å². The number of aromatic nitrogens is 5. The number of methoxy groups -OCH3 is 1. The zero-order valence-corrected chi connectivity index (χ0v) is 25.8. The number of amides is 2. The van der Waals surface area contributed by atoms with Gasteiger partial charge in [-0.2, -0.15) is 0 Å². The van der Waals surface area contributed by atoms with Gasteiger partial charge in [0.05, 0.1) is 53.3 Å². The molecule has 2 fully saturated rings. The summed E-state index contributed by atoms with van der Waals surface area (Å²) in [6.45, 7) is 5.47. The van der Waals surface area contributed by atoms with Gasteiger partial charge in [-0.05, 0) is 79.6 Å². The number of hydrogen-bond acceptors (Lipinski definition) is 7. The van der Waals surface area contributed by atoms with Crippen molar-refractivity contribution in [2.75, 3.05) is 20.2 Å². The van der Waals surface area contributed by atoms with Gasteiger partial charge < -0.3 is 30.2 Å². The van der Waals surface area contributed by atoms with E-state index >= 15 is 0 Å². The molecule has 5 heterocycles. The van der Waals surface area contributed by atoms with Crippen LogP contribution >= 0.6 is 0 Å². The molecule has 4 N–H and O–H groups in total. The molecule has 11 nitrogen and oxygen atoms in total. The molecule has 2 saturated heterocycles. The molecule has 5 aromatic rings. The minimum atomic E-state index is -0.668. The highest BCUT2D eigenvalue weighted by Crippen LogP contribution is 2.34. The number of carbonyl (C=O) groups excluding carboxylic acids is 2. The SMILES string of the molecule is COC(=O)N[C@H](C(=O)N1CCC[C@H]1c1nc2ccc(-c3ccc4nc(-c5cnc([C@@H]6CCCN6)[nH]5)ccc4c3)cc2[nH]1)C(C)C. The molecular weight excluding hydrogens is 568 g/mol. The van der Waals surface area contributed by atoms with Gasteiger partial charge >= 0.3 is 6.09 Å². The molecule has 0 aliphatic carbocycles. The lowest BCUT2D eigenvalue weighted by molar-refractivity contribution is -0.135. The summed E-state index contributed by atoms with van der Waals surface area (Å²) >= 11 is 0. The zero-order valence-electron chi connectivity index (χ0n) is 25.8. The van der Waals surface area contributed by atoms with Crippen LogP contribution in [0.3, 0.4) is 0 Å². The van der Waals surface area contributed by atoms with E-state index in [0.29, 0.717) is 6.54 Å². The number of nitrogens with one attached hydrogen (secondary N) is 4. The number of H-pyrrole nitrogens is 2. The van der Waals surface area contributed by atoms with Gasteiger partial charge in [-0.3, -0.25) is 4.79 Å². The molecule has 0 saturated carbocycles. The van der Waals surface area contributed by atoms with Gasteiger partial charge in [0.25, 0.3) is 0 Å². The van der Waals surface area contributed by atoms with Crippen LogP contribution in [0.1, 0.15) is 63.3 Å². The highest BCUT2D eigenvalue weighted by Gasteiger charge is 2.37.